The number of aryl methyl sites for hydroxylation is 4. The van der Waals surface area contributed by atoms with E-state index in [-0.39, 0.29) is 17.3 Å². The quantitative estimate of drug-likeness (QED) is 0.101. The van der Waals surface area contributed by atoms with E-state index in [9.17, 15) is 14.4 Å². The number of ketones is 3. The highest BCUT2D eigenvalue weighted by atomic mass is 16.5. The number of hydrogen-bond donors (Lipinski definition) is 0. The molecule has 0 radical (unpaired) electrons. The molecule has 0 bridgehead atoms. The first kappa shape index (κ1) is 40.7. The lowest BCUT2D eigenvalue weighted by Crippen LogP contribution is -2.02. The first-order valence-electron chi connectivity index (χ1n) is 20.1. The Morgan fingerprint density at radius 3 is 0.581 bits per heavy atom. The van der Waals surface area contributed by atoms with Crippen LogP contribution in [0.15, 0.2) is 182 Å². The van der Waals surface area contributed by atoms with Gasteiger partial charge in [-0.05, 0) is 220 Å². The summed E-state index contributed by atoms with van der Waals surface area (Å²) in [5.41, 5.74) is 7.63. The maximum atomic E-state index is 13.3. The Kier molecular flexibility index (Phi) is 11.9. The molecule has 62 heavy (non-hydrogen) atoms. The molecule has 0 aromatic heterocycles. The van der Waals surface area contributed by atoms with E-state index in [1.807, 2.05) is 52.0 Å². The summed E-state index contributed by atoms with van der Waals surface area (Å²) in [6, 6.07) is 53.9. The van der Waals surface area contributed by atoms with Crippen molar-refractivity contribution in [2.45, 2.75) is 27.7 Å². The van der Waals surface area contributed by atoms with Gasteiger partial charge in [-0.2, -0.15) is 0 Å². The van der Waals surface area contributed by atoms with E-state index in [0.29, 0.717) is 67.9 Å². The third-order valence-corrected chi connectivity index (χ3v) is 10.0. The van der Waals surface area contributed by atoms with Crippen molar-refractivity contribution in [1.82, 2.24) is 0 Å². The summed E-state index contributed by atoms with van der Waals surface area (Å²) in [6.07, 6.45) is 0. The van der Waals surface area contributed by atoms with Crippen LogP contribution in [-0.2, 0) is 0 Å². The smallest absolute Gasteiger partial charge is 0.193 e. The minimum Gasteiger partial charge on any atom is -0.457 e. The summed E-state index contributed by atoms with van der Waals surface area (Å²) in [4.78, 5) is 39.7. The largest absolute Gasteiger partial charge is 0.457 e. The predicted molar refractivity (Wildman–Crippen MR) is 241 cm³/mol. The SMILES string of the molecule is Cc1cc(C)cc(Oc2ccc(C(=O)c3ccc(Oc4ccc(C(=O)c5ccc(Oc6ccc(C(=O)c7ccc(Oc8cc(C)cc(C)c8)cc7)cc6)cc5)cc4)cc3)cc2)c1. The molecule has 0 amide bonds. The number of rotatable bonds is 14. The lowest BCUT2D eigenvalue weighted by atomic mass is 10.0. The minimum absolute atomic E-state index is 0.113. The Hall–Kier alpha value is -8.03. The number of benzene rings is 8. The standard InChI is InChI=1S/C55H42O7/c1-35-29-36(2)32-51(31-35)61-49-25-13-43(14-26-49)54(57)41-9-21-47(22-10-41)59-45-17-5-39(6-18-45)53(56)40-7-19-46(20-8-40)60-48-23-11-42(12-24-48)55(58)44-15-27-50(28-16-44)62-52-33-37(3)30-38(4)34-52/h5-34H,1-4H3. The Labute approximate surface area is 360 Å². The molecule has 0 aliphatic rings. The molecule has 7 heteroatoms. The normalized spacial score (nSPS) is 10.8. The van der Waals surface area contributed by atoms with Crippen LogP contribution in [-0.4, -0.2) is 17.3 Å². The third kappa shape index (κ3) is 10.0. The molecule has 0 heterocycles. The molecule has 8 aromatic rings. The number of hydrogen-bond acceptors (Lipinski definition) is 7. The van der Waals surface area contributed by atoms with Gasteiger partial charge in [0.1, 0.15) is 46.0 Å². The van der Waals surface area contributed by atoms with Gasteiger partial charge in [0.2, 0.25) is 0 Å². The molecule has 0 saturated heterocycles. The average Bonchev–Trinajstić information content (AvgIpc) is 3.27. The Bertz CT molecular complexity index is 2640. The van der Waals surface area contributed by atoms with Gasteiger partial charge in [0, 0.05) is 33.4 Å². The summed E-state index contributed by atoms with van der Waals surface area (Å²) < 4.78 is 24.0. The number of carbonyl (C=O) groups excluding carboxylic acids is 3. The van der Waals surface area contributed by atoms with Crippen molar-refractivity contribution < 1.29 is 33.3 Å². The highest BCUT2D eigenvalue weighted by Gasteiger charge is 2.14. The fourth-order valence-electron chi connectivity index (χ4n) is 7.07. The predicted octanol–water partition coefficient (Wildman–Crippen LogP) is 13.8. The molecule has 0 aliphatic carbocycles. The molecule has 0 saturated carbocycles. The van der Waals surface area contributed by atoms with Crippen molar-refractivity contribution in [1.29, 1.82) is 0 Å². The Morgan fingerprint density at radius 1 is 0.242 bits per heavy atom. The molecular weight excluding hydrogens is 773 g/mol. The van der Waals surface area contributed by atoms with Crippen molar-refractivity contribution in [3.05, 3.63) is 238 Å². The second-order valence-electron chi connectivity index (χ2n) is 15.2. The highest BCUT2D eigenvalue weighted by Crippen LogP contribution is 2.29. The van der Waals surface area contributed by atoms with Gasteiger partial charge in [0.05, 0.1) is 0 Å². The summed E-state index contributed by atoms with van der Waals surface area (Å²) in [5.74, 6) is 4.65. The second-order valence-corrected chi connectivity index (χ2v) is 15.2. The van der Waals surface area contributed by atoms with Gasteiger partial charge in [-0.25, -0.2) is 0 Å². The van der Waals surface area contributed by atoms with Crippen LogP contribution in [0.25, 0.3) is 0 Å². The van der Waals surface area contributed by atoms with Crippen molar-refractivity contribution in [2.75, 3.05) is 0 Å². The van der Waals surface area contributed by atoms with E-state index in [1.54, 1.807) is 146 Å². The molecule has 0 fully saturated rings. The van der Waals surface area contributed by atoms with Crippen molar-refractivity contribution in [3.8, 4) is 46.0 Å². The Morgan fingerprint density at radius 2 is 0.403 bits per heavy atom. The lowest BCUT2D eigenvalue weighted by Gasteiger charge is -2.10. The fourth-order valence-corrected chi connectivity index (χ4v) is 7.07. The molecule has 8 rings (SSSR count). The van der Waals surface area contributed by atoms with Gasteiger partial charge in [0.15, 0.2) is 17.3 Å². The van der Waals surface area contributed by atoms with Crippen molar-refractivity contribution in [2.24, 2.45) is 0 Å². The molecule has 0 spiro atoms. The van der Waals surface area contributed by atoms with Crippen molar-refractivity contribution >= 4 is 17.3 Å². The zero-order valence-corrected chi connectivity index (χ0v) is 34.7. The van der Waals surface area contributed by atoms with Gasteiger partial charge in [-0.15, -0.1) is 0 Å². The molecule has 0 atom stereocenters. The zero-order chi connectivity index (χ0) is 43.2. The lowest BCUT2D eigenvalue weighted by molar-refractivity contribution is 0.103. The molecule has 8 aromatic carbocycles. The van der Waals surface area contributed by atoms with Gasteiger partial charge >= 0.3 is 0 Å². The average molecular weight is 815 g/mol. The zero-order valence-electron chi connectivity index (χ0n) is 34.7. The summed E-state index contributed by atoms with van der Waals surface area (Å²) in [7, 11) is 0. The van der Waals surface area contributed by atoms with Crippen LogP contribution in [0.3, 0.4) is 0 Å². The van der Waals surface area contributed by atoms with E-state index in [1.165, 1.54) is 0 Å². The minimum atomic E-state index is -0.149. The first-order chi connectivity index (χ1) is 30.0. The van der Waals surface area contributed by atoms with Gasteiger partial charge < -0.3 is 18.9 Å². The van der Waals surface area contributed by atoms with Crippen LogP contribution in [0.5, 0.6) is 46.0 Å². The van der Waals surface area contributed by atoms with Crippen LogP contribution >= 0.6 is 0 Å². The topological polar surface area (TPSA) is 88.1 Å². The van der Waals surface area contributed by atoms with E-state index < -0.39 is 0 Å². The highest BCUT2D eigenvalue weighted by molar-refractivity contribution is 6.10. The molecule has 7 nitrogen and oxygen atoms in total. The summed E-state index contributed by atoms with van der Waals surface area (Å²) in [6.45, 7) is 8.10. The molecule has 0 N–H and O–H groups in total. The fraction of sp³-hybridized carbons (Fsp3) is 0.0727. The van der Waals surface area contributed by atoms with Crippen LogP contribution in [0.1, 0.15) is 70.0 Å². The van der Waals surface area contributed by atoms with Crippen LogP contribution in [0.4, 0.5) is 0 Å². The van der Waals surface area contributed by atoms with Gasteiger partial charge in [-0.3, -0.25) is 14.4 Å². The maximum Gasteiger partial charge on any atom is 0.193 e. The van der Waals surface area contributed by atoms with E-state index in [4.69, 9.17) is 18.9 Å². The van der Waals surface area contributed by atoms with Crippen LogP contribution in [0, 0.1) is 27.7 Å². The summed E-state index contributed by atoms with van der Waals surface area (Å²) >= 11 is 0. The molecule has 0 unspecified atom stereocenters. The maximum absolute atomic E-state index is 13.3. The summed E-state index contributed by atoms with van der Waals surface area (Å²) in [5, 5.41) is 0. The van der Waals surface area contributed by atoms with Crippen LogP contribution < -0.4 is 18.9 Å². The van der Waals surface area contributed by atoms with Crippen LogP contribution in [0.2, 0.25) is 0 Å². The van der Waals surface area contributed by atoms with Crippen molar-refractivity contribution in [3.63, 3.8) is 0 Å². The molecule has 0 aliphatic heterocycles. The second kappa shape index (κ2) is 18.1. The van der Waals surface area contributed by atoms with E-state index >= 15 is 0 Å². The van der Waals surface area contributed by atoms with Gasteiger partial charge in [0.25, 0.3) is 0 Å². The monoisotopic (exact) mass is 814 g/mol. The third-order valence-electron chi connectivity index (χ3n) is 10.0. The number of ether oxygens (including phenoxy) is 4. The van der Waals surface area contributed by atoms with E-state index in [0.717, 1.165) is 33.8 Å². The van der Waals surface area contributed by atoms with Gasteiger partial charge in [-0.1, -0.05) is 12.1 Å². The Balaban J connectivity index is 0.816. The first-order valence-corrected chi connectivity index (χ1v) is 20.1. The number of carbonyl (C=O) groups is 3. The molecular formula is C55H42O7. The van der Waals surface area contributed by atoms with E-state index in [2.05, 4.69) is 12.1 Å². The molecule has 304 valence electrons.